The van der Waals surface area contributed by atoms with Crippen LogP contribution in [0, 0.1) is 5.82 Å². The van der Waals surface area contributed by atoms with Crippen LogP contribution in [-0.4, -0.2) is 11.1 Å². The zero-order valence-electron chi connectivity index (χ0n) is 14.3. The number of halogens is 1. The van der Waals surface area contributed by atoms with E-state index in [1.807, 2.05) is 12.1 Å². The van der Waals surface area contributed by atoms with Crippen LogP contribution in [0.5, 0.6) is 0 Å². The van der Waals surface area contributed by atoms with E-state index >= 15 is 0 Å². The molecule has 0 aliphatic heterocycles. The van der Waals surface area contributed by atoms with Crippen molar-refractivity contribution in [2.75, 3.05) is 0 Å². The molecule has 0 aromatic heterocycles. The SMILES string of the molecule is O=C(O)C1(c2ccc(-c3ccc(C4CCCCC4)cc3)c(F)c2)CC1. The number of hydrogen-bond acceptors (Lipinski definition) is 1. The molecule has 2 fully saturated rings. The van der Waals surface area contributed by atoms with Crippen LogP contribution in [0.2, 0.25) is 0 Å². The molecule has 0 heterocycles. The molecule has 0 saturated heterocycles. The maximum absolute atomic E-state index is 14.6. The Labute approximate surface area is 147 Å². The summed E-state index contributed by atoms with van der Waals surface area (Å²) < 4.78 is 14.6. The highest BCUT2D eigenvalue weighted by atomic mass is 19.1. The zero-order chi connectivity index (χ0) is 17.4. The van der Waals surface area contributed by atoms with E-state index in [9.17, 15) is 14.3 Å². The largest absolute Gasteiger partial charge is 0.481 e. The average molecular weight is 338 g/mol. The van der Waals surface area contributed by atoms with Crippen LogP contribution in [0.15, 0.2) is 42.5 Å². The Morgan fingerprint density at radius 2 is 1.68 bits per heavy atom. The summed E-state index contributed by atoms with van der Waals surface area (Å²) in [5.41, 5.74) is 2.47. The van der Waals surface area contributed by atoms with Gasteiger partial charge in [0.15, 0.2) is 0 Å². The van der Waals surface area contributed by atoms with Crippen molar-refractivity contribution in [1.29, 1.82) is 0 Å². The van der Waals surface area contributed by atoms with Crippen molar-refractivity contribution in [2.45, 2.75) is 56.3 Å². The molecule has 2 aromatic carbocycles. The monoisotopic (exact) mass is 338 g/mol. The first-order valence-corrected chi connectivity index (χ1v) is 9.24. The third-order valence-electron chi connectivity index (χ3n) is 5.98. The zero-order valence-corrected chi connectivity index (χ0v) is 14.3. The van der Waals surface area contributed by atoms with Gasteiger partial charge >= 0.3 is 5.97 Å². The predicted octanol–water partition coefficient (Wildman–Crippen LogP) is 5.66. The molecule has 0 spiro atoms. The lowest BCUT2D eigenvalue weighted by molar-refractivity contribution is -0.140. The van der Waals surface area contributed by atoms with Gasteiger partial charge in [0.2, 0.25) is 0 Å². The Balaban J connectivity index is 1.58. The Morgan fingerprint density at radius 3 is 2.24 bits per heavy atom. The molecule has 3 heteroatoms. The first-order valence-electron chi connectivity index (χ1n) is 9.24. The van der Waals surface area contributed by atoms with Crippen LogP contribution >= 0.6 is 0 Å². The second-order valence-corrected chi connectivity index (χ2v) is 7.54. The standard InChI is InChI=1S/C22H23FO2/c23-20-14-18(22(12-13-22)21(24)25)10-11-19(20)17-8-6-16(7-9-17)15-4-2-1-3-5-15/h6-11,14-15H,1-5,12-13H2,(H,24,25). The van der Waals surface area contributed by atoms with Gasteiger partial charge in [0.05, 0.1) is 5.41 Å². The van der Waals surface area contributed by atoms with Crippen molar-refractivity contribution < 1.29 is 14.3 Å². The maximum atomic E-state index is 14.6. The molecule has 2 aliphatic rings. The van der Waals surface area contributed by atoms with Gasteiger partial charge in [-0.15, -0.1) is 0 Å². The van der Waals surface area contributed by atoms with Crippen LogP contribution in [0.1, 0.15) is 62.0 Å². The summed E-state index contributed by atoms with van der Waals surface area (Å²) in [5.74, 6) is -0.549. The normalized spacial score (nSPS) is 19.6. The molecule has 130 valence electrons. The molecule has 0 radical (unpaired) electrons. The second kappa shape index (κ2) is 6.29. The third-order valence-corrected chi connectivity index (χ3v) is 5.98. The number of hydrogen-bond donors (Lipinski definition) is 1. The maximum Gasteiger partial charge on any atom is 0.314 e. The van der Waals surface area contributed by atoms with E-state index < -0.39 is 11.4 Å². The van der Waals surface area contributed by atoms with Crippen molar-refractivity contribution in [3.8, 4) is 11.1 Å². The Hall–Kier alpha value is -2.16. The summed E-state index contributed by atoms with van der Waals surface area (Å²) >= 11 is 0. The van der Waals surface area contributed by atoms with Gasteiger partial charge in [-0.25, -0.2) is 4.39 Å². The topological polar surface area (TPSA) is 37.3 Å². The number of carboxylic acid groups (broad SMARTS) is 1. The van der Waals surface area contributed by atoms with E-state index in [-0.39, 0.29) is 5.82 Å². The van der Waals surface area contributed by atoms with Gasteiger partial charge < -0.3 is 5.11 Å². The number of aliphatic carboxylic acids is 1. The molecule has 0 unspecified atom stereocenters. The minimum absolute atomic E-state index is 0.338. The Kier molecular flexibility index (Phi) is 4.10. The molecule has 0 atom stereocenters. The molecule has 2 aromatic rings. The van der Waals surface area contributed by atoms with Crippen molar-refractivity contribution in [3.05, 3.63) is 59.4 Å². The molecule has 2 nitrogen and oxygen atoms in total. The number of benzene rings is 2. The minimum Gasteiger partial charge on any atom is -0.481 e. The van der Waals surface area contributed by atoms with E-state index in [1.54, 1.807) is 12.1 Å². The lowest BCUT2D eigenvalue weighted by Crippen LogP contribution is -2.19. The van der Waals surface area contributed by atoms with Gasteiger partial charge in [-0.05, 0) is 54.4 Å². The average Bonchev–Trinajstić information content (AvgIpc) is 3.45. The summed E-state index contributed by atoms with van der Waals surface area (Å²) in [6, 6.07) is 13.1. The van der Waals surface area contributed by atoms with E-state index in [0.717, 1.165) is 5.56 Å². The molecule has 1 N–H and O–H groups in total. The Bertz CT molecular complexity index is 784. The third kappa shape index (κ3) is 2.97. The first-order chi connectivity index (χ1) is 12.1. The molecular weight excluding hydrogens is 315 g/mol. The van der Waals surface area contributed by atoms with Crippen LogP contribution in [0.4, 0.5) is 4.39 Å². The summed E-state index contributed by atoms with van der Waals surface area (Å²) in [6.45, 7) is 0. The van der Waals surface area contributed by atoms with Crippen LogP contribution in [0.25, 0.3) is 11.1 Å². The fourth-order valence-electron chi connectivity index (χ4n) is 4.17. The van der Waals surface area contributed by atoms with Gasteiger partial charge in [0.1, 0.15) is 5.82 Å². The summed E-state index contributed by atoms with van der Waals surface area (Å²) in [7, 11) is 0. The minimum atomic E-state index is -0.857. The highest BCUT2D eigenvalue weighted by molar-refractivity contribution is 5.85. The summed E-state index contributed by atoms with van der Waals surface area (Å²) in [6.07, 6.45) is 7.62. The Morgan fingerprint density at radius 1 is 1.00 bits per heavy atom. The second-order valence-electron chi connectivity index (χ2n) is 7.54. The van der Waals surface area contributed by atoms with Crippen molar-refractivity contribution in [2.24, 2.45) is 0 Å². The van der Waals surface area contributed by atoms with Gasteiger partial charge in [0.25, 0.3) is 0 Å². The first kappa shape index (κ1) is 16.3. The number of carboxylic acids is 1. The van der Waals surface area contributed by atoms with E-state index in [2.05, 4.69) is 12.1 Å². The fourth-order valence-corrected chi connectivity index (χ4v) is 4.17. The van der Waals surface area contributed by atoms with Crippen LogP contribution < -0.4 is 0 Å². The molecule has 25 heavy (non-hydrogen) atoms. The number of rotatable bonds is 4. The lowest BCUT2D eigenvalue weighted by Gasteiger charge is -2.22. The van der Waals surface area contributed by atoms with Gasteiger partial charge in [0, 0.05) is 5.56 Å². The summed E-state index contributed by atoms with van der Waals surface area (Å²) in [5, 5.41) is 9.37. The van der Waals surface area contributed by atoms with Crippen LogP contribution in [0.3, 0.4) is 0 Å². The molecular formula is C22H23FO2. The predicted molar refractivity (Wildman–Crippen MR) is 96.2 cm³/mol. The molecule has 2 saturated carbocycles. The highest BCUT2D eigenvalue weighted by Gasteiger charge is 2.51. The molecule has 0 amide bonds. The van der Waals surface area contributed by atoms with Crippen LogP contribution in [-0.2, 0) is 10.2 Å². The van der Waals surface area contributed by atoms with Gasteiger partial charge in [-0.2, -0.15) is 0 Å². The van der Waals surface area contributed by atoms with E-state index in [1.165, 1.54) is 43.7 Å². The van der Waals surface area contributed by atoms with E-state index in [4.69, 9.17) is 0 Å². The van der Waals surface area contributed by atoms with Gasteiger partial charge in [-0.3, -0.25) is 4.79 Å². The summed E-state index contributed by atoms with van der Waals surface area (Å²) in [4.78, 5) is 11.4. The van der Waals surface area contributed by atoms with Gasteiger partial charge in [-0.1, -0.05) is 55.7 Å². The quantitative estimate of drug-likeness (QED) is 0.781. The van der Waals surface area contributed by atoms with Crippen molar-refractivity contribution >= 4 is 5.97 Å². The number of carbonyl (C=O) groups is 1. The van der Waals surface area contributed by atoms with E-state index in [0.29, 0.717) is 29.9 Å². The molecule has 2 aliphatic carbocycles. The highest BCUT2D eigenvalue weighted by Crippen LogP contribution is 2.49. The smallest absolute Gasteiger partial charge is 0.314 e. The lowest BCUT2D eigenvalue weighted by atomic mass is 9.83. The van der Waals surface area contributed by atoms with Crippen molar-refractivity contribution in [1.82, 2.24) is 0 Å². The van der Waals surface area contributed by atoms with Crippen molar-refractivity contribution in [3.63, 3.8) is 0 Å². The fraction of sp³-hybridized carbons (Fsp3) is 0.409. The molecule has 4 rings (SSSR count). The molecule has 0 bridgehead atoms.